The van der Waals surface area contributed by atoms with Crippen molar-refractivity contribution in [2.24, 2.45) is 0 Å². The van der Waals surface area contributed by atoms with Gasteiger partial charge in [-0.2, -0.15) is 0 Å². The van der Waals surface area contributed by atoms with E-state index in [1.54, 1.807) is 0 Å². The van der Waals surface area contributed by atoms with Crippen molar-refractivity contribution in [2.75, 3.05) is 0 Å². The Balaban J connectivity index is 5.00. The lowest BCUT2D eigenvalue weighted by Crippen LogP contribution is -2.29. The molecule has 9 heteroatoms. The predicted octanol–water partition coefficient (Wildman–Crippen LogP) is 6.02. The summed E-state index contributed by atoms with van der Waals surface area (Å²) in [6.07, 6.45) is 0.942. The van der Waals surface area contributed by atoms with Crippen LogP contribution in [0.2, 0.25) is 0 Å². The third-order valence-corrected chi connectivity index (χ3v) is 4.51. The Hall–Kier alpha value is 2.35. The van der Waals surface area contributed by atoms with Gasteiger partial charge in [0.05, 0.1) is 5.03 Å². The van der Waals surface area contributed by atoms with Gasteiger partial charge in [-0.1, -0.05) is 104 Å². The third kappa shape index (κ3) is 5.12. The van der Waals surface area contributed by atoms with Crippen molar-refractivity contribution in [2.45, 2.75) is 11.9 Å². The van der Waals surface area contributed by atoms with E-state index in [0.717, 1.165) is 6.08 Å². The van der Waals surface area contributed by atoms with Crippen LogP contribution in [0.4, 0.5) is 0 Å². The second-order valence-electron chi connectivity index (χ2n) is 2.11. The van der Waals surface area contributed by atoms with E-state index >= 15 is 0 Å². The monoisotopic (exact) mass is 376 g/mol. The molecule has 0 atom stereocenters. The highest BCUT2D eigenvalue weighted by Gasteiger charge is 2.45. The van der Waals surface area contributed by atoms with Crippen molar-refractivity contribution >= 4 is 104 Å². The topological polar surface area (TPSA) is 0 Å². The summed E-state index contributed by atoms with van der Waals surface area (Å²) < 4.78 is -5.75. The second kappa shape index (κ2) is 5.33. The molecular weight excluding hydrogens is 379 g/mol. The highest BCUT2D eigenvalue weighted by Crippen LogP contribution is 2.49. The number of halogens is 9. The summed E-state index contributed by atoms with van der Waals surface area (Å²) in [7, 11) is 0. The summed E-state index contributed by atoms with van der Waals surface area (Å²) in [6.45, 7) is 0. The minimum atomic E-state index is -1.99. The van der Waals surface area contributed by atoms with Gasteiger partial charge >= 0.3 is 0 Å². The average molecular weight is 380 g/mol. The molecule has 0 saturated heterocycles. The summed E-state index contributed by atoms with van der Waals surface area (Å²) in [5, 5.41) is -0.265. The van der Waals surface area contributed by atoms with E-state index in [2.05, 4.69) is 0 Å². The largest absolute Gasteiger partial charge is 0.226 e. The summed E-state index contributed by atoms with van der Waals surface area (Å²) in [6, 6.07) is 0. The van der Waals surface area contributed by atoms with Crippen LogP contribution in [0, 0.1) is 0 Å². The molecule has 0 saturated carbocycles. The Morgan fingerprint density at radius 1 is 0.786 bits per heavy atom. The van der Waals surface area contributed by atoms with Gasteiger partial charge in [0.25, 0.3) is 0 Å². The first-order valence-corrected chi connectivity index (χ1v) is 6.18. The number of hydrogen-bond acceptors (Lipinski definition) is 0. The second-order valence-corrected chi connectivity index (χ2v) is 8.47. The molecule has 84 valence electrons. The third-order valence-electron chi connectivity index (χ3n) is 0.957. The maximum Gasteiger partial charge on any atom is 0.226 e. The summed E-state index contributed by atoms with van der Waals surface area (Å²) in [5.74, 6) is 0. The van der Waals surface area contributed by atoms with E-state index in [1.165, 1.54) is 0 Å². The van der Waals surface area contributed by atoms with Gasteiger partial charge < -0.3 is 0 Å². The molecule has 0 nitrogen and oxygen atoms in total. The van der Waals surface area contributed by atoms with Gasteiger partial charge in [-0.15, -0.1) is 0 Å². The molecular formula is C5HCl9. The number of hydrogen-bond donors (Lipinski definition) is 0. The standard InChI is InChI=1S/C5HCl9/c6-2(4(9,10)11)1-3(7,8)5(12,13)14/h1H/b2-1-. The zero-order chi connectivity index (χ0) is 11.8. The van der Waals surface area contributed by atoms with Crippen molar-refractivity contribution in [3.63, 3.8) is 0 Å². The minimum Gasteiger partial charge on any atom is -0.0921 e. The molecule has 0 fully saturated rings. The highest BCUT2D eigenvalue weighted by atomic mass is 35.6. The average Bonchev–Trinajstić information content (AvgIpc) is 1.80. The summed E-state index contributed by atoms with van der Waals surface area (Å²) in [5.41, 5.74) is 0. The van der Waals surface area contributed by atoms with Crippen molar-refractivity contribution in [1.29, 1.82) is 0 Å². The van der Waals surface area contributed by atoms with Crippen LogP contribution in [0.5, 0.6) is 0 Å². The molecule has 0 radical (unpaired) electrons. The fourth-order valence-electron chi connectivity index (χ4n) is 0.323. The van der Waals surface area contributed by atoms with E-state index < -0.39 is 11.9 Å². The maximum atomic E-state index is 5.65. The molecule has 0 N–H and O–H groups in total. The van der Waals surface area contributed by atoms with Gasteiger partial charge in [0.1, 0.15) is 0 Å². The molecule has 0 aromatic carbocycles. The van der Waals surface area contributed by atoms with Crippen LogP contribution in [-0.4, -0.2) is 11.9 Å². The number of allylic oxidation sites excluding steroid dienone is 2. The van der Waals surface area contributed by atoms with Gasteiger partial charge in [-0.05, 0) is 6.08 Å². The van der Waals surface area contributed by atoms with Crippen molar-refractivity contribution in [3.8, 4) is 0 Å². The Bertz CT molecular complexity index is 229. The van der Waals surface area contributed by atoms with Crippen LogP contribution in [0.3, 0.4) is 0 Å². The molecule has 0 unspecified atom stereocenters. The maximum absolute atomic E-state index is 5.65. The molecule has 0 amide bonds. The smallest absolute Gasteiger partial charge is 0.0921 e. The Morgan fingerprint density at radius 2 is 1.14 bits per heavy atom. The first-order chi connectivity index (χ1) is 5.88. The van der Waals surface area contributed by atoms with Crippen LogP contribution in [0.15, 0.2) is 11.1 Å². The van der Waals surface area contributed by atoms with E-state index in [9.17, 15) is 0 Å². The SMILES string of the molecule is Cl/C(=C\C(Cl)(Cl)C(Cl)(Cl)Cl)C(Cl)(Cl)Cl. The predicted molar refractivity (Wildman–Crippen MR) is 69.0 cm³/mol. The van der Waals surface area contributed by atoms with Gasteiger partial charge in [-0.3, -0.25) is 0 Å². The summed E-state index contributed by atoms with van der Waals surface area (Å²) in [4.78, 5) is 0. The van der Waals surface area contributed by atoms with Crippen molar-refractivity contribution in [3.05, 3.63) is 11.1 Å². The Morgan fingerprint density at radius 3 is 1.36 bits per heavy atom. The molecule has 0 aromatic heterocycles. The first-order valence-electron chi connectivity index (χ1n) is 2.78. The fourth-order valence-corrected chi connectivity index (χ4v) is 1.14. The molecule has 0 aliphatic carbocycles. The van der Waals surface area contributed by atoms with Crippen LogP contribution in [-0.2, 0) is 0 Å². The lowest BCUT2D eigenvalue weighted by molar-refractivity contribution is 0.982. The number of rotatable bonds is 1. The molecule has 0 rings (SSSR count). The molecule has 0 bridgehead atoms. The van der Waals surface area contributed by atoms with Gasteiger partial charge in [0.2, 0.25) is 7.59 Å². The lowest BCUT2D eigenvalue weighted by atomic mass is 10.4. The van der Waals surface area contributed by atoms with Crippen molar-refractivity contribution in [1.82, 2.24) is 0 Å². The quantitative estimate of drug-likeness (QED) is 0.488. The molecule has 0 aromatic rings. The zero-order valence-electron chi connectivity index (χ0n) is 5.98. The lowest BCUT2D eigenvalue weighted by Gasteiger charge is -2.25. The molecule has 0 aliphatic rings. The van der Waals surface area contributed by atoms with Gasteiger partial charge in [0.15, 0.2) is 4.33 Å². The van der Waals surface area contributed by atoms with Crippen LogP contribution >= 0.6 is 104 Å². The zero-order valence-corrected chi connectivity index (χ0v) is 12.8. The molecule has 0 spiro atoms. The normalized spacial score (nSPS) is 15.9. The highest BCUT2D eigenvalue weighted by molar-refractivity contribution is 6.77. The molecule has 14 heavy (non-hydrogen) atoms. The van der Waals surface area contributed by atoms with E-state index in [1.807, 2.05) is 0 Å². The fraction of sp³-hybridized carbons (Fsp3) is 0.600. The van der Waals surface area contributed by atoms with E-state index in [4.69, 9.17) is 104 Å². The Kier molecular flexibility index (Phi) is 6.23. The van der Waals surface area contributed by atoms with E-state index in [-0.39, 0.29) is 5.03 Å². The summed E-state index contributed by atoms with van der Waals surface area (Å²) >= 11 is 49.5. The molecule has 0 aliphatic heterocycles. The van der Waals surface area contributed by atoms with Gasteiger partial charge in [0, 0.05) is 0 Å². The van der Waals surface area contributed by atoms with Crippen LogP contribution in [0.1, 0.15) is 0 Å². The molecule has 0 heterocycles. The number of alkyl halides is 8. The van der Waals surface area contributed by atoms with Gasteiger partial charge in [-0.25, -0.2) is 0 Å². The van der Waals surface area contributed by atoms with Crippen LogP contribution < -0.4 is 0 Å². The van der Waals surface area contributed by atoms with E-state index in [0.29, 0.717) is 0 Å². The first kappa shape index (κ1) is 16.4. The Labute approximate surface area is 126 Å². The van der Waals surface area contributed by atoms with Crippen LogP contribution in [0.25, 0.3) is 0 Å². The minimum absolute atomic E-state index is 0.265. The van der Waals surface area contributed by atoms with Crippen molar-refractivity contribution < 1.29 is 0 Å².